The predicted molar refractivity (Wildman–Crippen MR) is 56.4 cm³/mol. The van der Waals surface area contributed by atoms with Gasteiger partial charge >= 0.3 is 5.97 Å². The first-order valence-electron chi connectivity index (χ1n) is 5.46. The highest BCUT2D eigenvalue weighted by Gasteiger charge is 2.44. The van der Waals surface area contributed by atoms with E-state index >= 15 is 0 Å². The molecule has 1 fully saturated rings. The number of hydrogen-bond donors (Lipinski definition) is 2. The molecule has 0 aromatic carbocycles. The van der Waals surface area contributed by atoms with Crippen LogP contribution in [0.5, 0.6) is 0 Å². The first-order chi connectivity index (χ1) is 6.96. The lowest BCUT2D eigenvalue weighted by molar-refractivity contribution is -0.154. The van der Waals surface area contributed by atoms with Crippen LogP contribution >= 0.6 is 0 Å². The fourth-order valence-electron chi connectivity index (χ4n) is 1.78. The number of carbonyl (C=O) groups is 2. The lowest BCUT2D eigenvalue weighted by Gasteiger charge is -2.37. The Hall–Kier alpha value is -1.06. The van der Waals surface area contributed by atoms with E-state index in [4.69, 9.17) is 5.11 Å². The quantitative estimate of drug-likeness (QED) is 0.725. The van der Waals surface area contributed by atoms with E-state index in [9.17, 15) is 9.59 Å². The van der Waals surface area contributed by atoms with E-state index in [-0.39, 0.29) is 12.5 Å². The molecule has 0 aromatic rings. The zero-order valence-electron chi connectivity index (χ0n) is 9.38. The van der Waals surface area contributed by atoms with Crippen molar-refractivity contribution in [2.45, 2.75) is 39.5 Å². The summed E-state index contributed by atoms with van der Waals surface area (Å²) in [5.41, 5.74) is -0.674. The highest BCUT2D eigenvalue weighted by atomic mass is 16.4. The minimum atomic E-state index is -0.779. The van der Waals surface area contributed by atoms with Crippen molar-refractivity contribution in [1.29, 1.82) is 0 Å². The monoisotopic (exact) mass is 213 g/mol. The second-order valence-corrected chi connectivity index (χ2v) is 4.81. The van der Waals surface area contributed by atoms with Crippen molar-refractivity contribution < 1.29 is 14.7 Å². The van der Waals surface area contributed by atoms with Crippen LogP contribution in [-0.4, -0.2) is 23.5 Å². The molecular weight excluding hydrogens is 194 g/mol. The van der Waals surface area contributed by atoms with Crippen LogP contribution in [0.3, 0.4) is 0 Å². The number of amides is 1. The van der Waals surface area contributed by atoms with Gasteiger partial charge in [0.05, 0.1) is 5.41 Å². The zero-order chi connectivity index (χ0) is 11.5. The van der Waals surface area contributed by atoms with Crippen molar-refractivity contribution in [1.82, 2.24) is 5.32 Å². The molecule has 2 N–H and O–H groups in total. The summed E-state index contributed by atoms with van der Waals surface area (Å²) in [6, 6.07) is 0. The minimum absolute atomic E-state index is 0.0440. The molecule has 1 aliphatic rings. The van der Waals surface area contributed by atoms with Gasteiger partial charge in [0.15, 0.2) is 0 Å². The van der Waals surface area contributed by atoms with E-state index in [0.29, 0.717) is 25.2 Å². The SMILES string of the molecule is CC(C)CC(=O)NCC1(C(=O)O)CCC1. The third-order valence-corrected chi connectivity index (χ3v) is 2.98. The molecule has 1 aliphatic carbocycles. The van der Waals surface area contributed by atoms with Gasteiger partial charge in [-0.2, -0.15) is 0 Å². The maximum Gasteiger partial charge on any atom is 0.311 e. The normalized spacial score (nSPS) is 18.3. The Kier molecular flexibility index (Phi) is 3.72. The van der Waals surface area contributed by atoms with Gasteiger partial charge in [-0.15, -0.1) is 0 Å². The highest BCUT2D eigenvalue weighted by molar-refractivity contribution is 5.79. The Morgan fingerprint density at radius 2 is 2.00 bits per heavy atom. The number of nitrogens with one attached hydrogen (secondary N) is 1. The van der Waals surface area contributed by atoms with Gasteiger partial charge in [-0.25, -0.2) is 0 Å². The van der Waals surface area contributed by atoms with Gasteiger partial charge < -0.3 is 10.4 Å². The summed E-state index contributed by atoms with van der Waals surface area (Å²) in [6.45, 7) is 4.22. The molecule has 0 spiro atoms. The first-order valence-corrected chi connectivity index (χ1v) is 5.46. The van der Waals surface area contributed by atoms with Crippen LogP contribution in [0.1, 0.15) is 39.5 Å². The lowest BCUT2D eigenvalue weighted by Crippen LogP contribution is -2.47. The second kappa shape index (κ2) is 4.64. The predicted octanol–water partition coefficient (Wildman–Crippen LogP) is 1.40. The first kappa shape index (κ1) is 12.0. The topological polar surface area (TPSA) is 66.4 Å². The van der Waals surface area contributed by atoms with Crippen molar-refractivity contribution in [3.05, 3.63) is 0 Å². The standard InChI is InChI=1S/C11H19NO3/c1-8(2)6-9(13)12-7-11(10(14)15)4-3-5-11/h8H,3-7H2,1-2H3,(H,12,13)(H,14,15). The smallest absolute Gasteiger partial charge is 0.311 e. The fourth-order valence-corrected chi connectivity index (χ4v) is 1.78. The molecule has 86 valence electrons. The molecule has 0 aliphatic heterocycles. The Morgan fingerprint density at radius 3 is 2.33 bits per heavy atom. The van der Waals surface area contributed by atoms with Gasteiger partial charge in [0.25, 0.3) is 0 Å². The summed E-state index contributed by atoms with van der Waals surface area (Å²) in [5, 5.41) is 11.7. The second-order valence-electron chi connectivity index (χ2n) is 4.81. The van der Waals surface area contributed by atoms with Crippen molar-refractivity contribution in [3.63, 3.8) is 0 Å². The average molecular weight is 213 g/mol. The van der Waals surface area contributed by atoms with Crippen LogP contribution in [0.25, 0.3) is 0 Å². The number of aliphatic carboxylic acids is 1. The maximum atomic E-state index is 11.4. The Balaban J connectivity index is 2.35. The van der Waals surface area contributed by atoms with Crippen molar-refractivity contribution in [2.75, 3.05) is 6.54 Å². The molecule has 0 aromatic heterocycles. The summed E-state index contributed by atoms with van der Waals surface area (Å²) in [6.07, 6.45) is 2.79. The summed E-state index contributed by atoms with van der Waals surface area (Å²) in [5.74, 6) is -0.511. The number of carboxylic acids is 1. The van der Waals surface area contributed by atoms with E-state index in [1.54, 1.807) is 0 Å². The molecule has 0 heterocycles. The molecule has 0 bridgehead atoms. The number of carboxylic acid groups (broad SMARTS) is 1. The number of carbonyl (C=O) groups excluding carboxylic acids is 1. The maximum absolute atomic E-state index is 11.4. The van der Waals surface area contributed by atoms with Crippen LogP contribution in [0.4, 0.5) is 0 Å². The molecule has 0 atom stereocenters. The molecule has 4 nitrogen and oxygen atoms in total. The Morgan fingerprint density at radius 1 is 1.40 bits per heavy atom. The van der Waals surface area contributed by atoms with Gasteiger partial charge in [-0.1, -0.05) is 20.3 Å². The lowest BCUT2D eigenvalue weighted by atomic mass is 9.69. The summed E-state index contributed by atoms with van der Waals surface area (Å²) < 4.78 is 0. The van der Waals surface area contributed by atoms with E-state index < -0.39 is 11.4 Å². The van der Waals surface area contributed by atoms with Crippen molar-refractivity contribution >= 4 is 11.9 Å². The summed E-state index contributed by atoms with van der Waals surface area (Å²) in [7, 11) is 0. The van der Waals surface area contributed by atoms with Crippen molar-refractivity contribution in [2.24, 2.45) is 11.3 Å². The van der Waals surface area contributed by atoms with Crippen molar-refractivity contribution in [3.8, 4) is 0 Å². The Labute approximate surface area is 90.0 Å². The Bertz CT molecular complexity index is 257. The fraction of sp³-hybridized carbons (Fsp3) is 0.818. The number of hydrogen-bond acceptors (Lipinski definition) is 2. The van der Waals surface area contributed by atoms with E-state index in [2.05, 4.69) is 5.32 Å². The van der Waals surface area contributed by atoms with Crippen LogP contribution in [0.2, 0.25) is 0 Å². The van der Waals surface area contributed by atoms with Crippen LogP contribution in [0, 0.1) is 11.3 Å². The van der Waals surface area contributed by atoms with E-state index in [0.717, 1.165) is 6.42 Å². The largest absolute Gasteiger partial charge is 0.481 e. The third-order valence-electron chi connectivity index (χ3n) is 2.98. The molecular formula is C11H19NO3. The van der Waals surface area contributed by atoms with E-state index in [1.165, 1.54) is 0 Å². The third kappa shape index (κ3) is 2.94. The molecule has 1 rings (SSSR count). The highest BCUT2D eigenvalue weighted by Crippen LogP contribution is 2.40. The van der Waals surface area contributed by atoms with Gasteiger partial charge in [-0.3, -0.25) is 9.59 Å². The number of rotatable bonds is 5. The molecule has 0 unspecified atom stereocenters. The van der Waals surface area contributed by atoms with Crippen LogP contribution in [0.15, 0.2) is 0 Å². The molecule has 1 saturated carbocycles. The molecule has 4 heteroatoms. The molecule has 0 saturated heterocycles. The van der Waals surface area contributed by atoms with Gasteiger partial charge in [0, 0.05) is 13.0 Å². The van der Waals surface area contributed by atoms with Gasteiger partial charge in [-0.05, 0) is 18.8 Å². The summed E-state index contributed by atoms with van der Waals surface area (Å²) >= 11 is 0. The average Bonchev–Trinajstić information content (AvgIpc) is 1.99. The minimum Gasteiger partial charge on any atom is -0.481 e. The summed E-state index contributed by atoms with van der Waals surface area (Å²) in [4.78, 5) is 22.3. The molecule has 1 amide bonds. The van der Waals surface area contributed by atoms with Crippen LogP contribution in [-0.2, 0) is 9.59 Å². The zero-order valence-corrected chi connectivity index (χ0v) is 9.38. The van der Waals surface area contributed by atoms with E-state index in [1.807, 2.05) is 13.8 Å². The molecule has 15 heavy (non-hydrogen) atoms. The van der Waals surface area contributed by atoms with Gasteiger partial charge in [0.1, 0.15) is 0 Å². The van der Waals surface area contributed by atoms with Crippen LogP contribution < -0.4 is 5.32 Å². The van der Waals surface area contributed by atoms with Gasteiger partial charge in [0.2, 0.25) is 5.91 Å². The molecule has 0 radical (unpaired) electrons.